The van der Waals surface area contributed by atoms with E-state index < -0.39 is 0 Å². The van der Waals surface area contributed by atoms with Crippen molar-refractivity contribution in [3.63, 3.8) is 0 Å². The predicted molar refractivity (Wildman–Crippen MR) is 65.1 cm³/mol. The zero-order valence-corrected chi connectivity index (χ0v) is 10.1. The molecule has 1 saturated carbocycles. The van der Waals surface area contributed by atoms with Crippen molar-refractivity contribution in [1.82, 2.24) is 24.7 Å². The van der Waals surface area contributed by atoms with E-state index in [1.54, 1.807) is 10.6 Å². The van der Waals surface area contributed by atoms with E-state index in [0.717, 1.165) is 12.8 Å². The van der Waals surface area contributed by atoms with Crippen LogP contribution in [0.2, 0.25) is 0 Å². The molecule has 0 spiro atoms. The molecule has 18 heavy (non-hydrogen) atoms. The average Bonchev–Trinajstić information content (AvgIpc) is 3.15. The lowest BCUT2D eigenvalue weighted by molar-refractivity contribution is 0.642. The van der Waals surface area contributed by atoms with Gasteiger partial charge in [0.25, 0.3) is 0 Å². The quantitative estimate of drug-likeness (QED) is 0.409. The van der Waals surface area contributed by atoms with Gasteiger partial charge in [-0.25, -0.2) is 25.7 Å². The van der Waals surface area contributed by atoms with Gasteiger partial charge in [-0.05, 0) is 24.6 Å². The summed E-state index contributed by atoms with van der Waals surface area (Å²) in [5.74, 6) is 5.79. The Kier molecular flexibility index (Phi) is 2.76. The van der Waals surface area contributed by atoms with Crippen molar-refractivity contribution in [2.45, 2.75) is 29.1 Å². The van der Waals surface area contributed by atoms with Gasteiger partial charge >= 0.3 is 5.69 Å². The van der Waals surface area contributed by atoms with Crippen molar-refractivity contribution in [1.29, 1.82) is 0 Å². The van der Waals surface area contributed by atoms with Gasteiger partial charge in [-0.2, -0.15) is 0 Å². The van der Waals surface area contributed by atoms with Crippen LogP contribution in [0.15, 0.2) is 27.4 Å². The highest BCUT2D eigenvalue weighted by Crippen LogP contribution is 2.37. The van der Waals surface area contributed by atoms with E-state index in [0.29, 0.717) is 16.0 Å². The molecule has 0 atom stereocenters. The highest BCUT2D eigenvalue weighted by atomic mass is 32.2. The summed E-state index contributed by atoms with van der Waals surface area (Å²) in [5.41, 5.74) is 2.27. The van der Waals surface area contributed by atoms with Gasteiger partial charge in [0.2, 0.25) is 0 Å². The molecule has 1 aliphatic carbocycles. The largest absolute Gasteiger partial charge is 0.344 e. The number of nitrogens with one attached hydrogen (secondary N) is 2. The molecule has 1 aliphatic rings. The number of aromatic amines is 1. The van der Waals surface area contributed by atoms with Crippen LogP contribution in [-0.4, -0.2) is 24.7 Å². The van der Waals surface area contributed by atoms with E-state index in [4.69, 9.17) is 5.84 Å². The first-order valence-electron chi connectivity index (χ1n) is 5.41. The number of hydrogen-bond donors (Lipinski definition) is 3. The fraction of sp³-hybridized carbons (Fsp3) is 0.333. The Bertz CT molecular complexity index is 617. The van der Waals surface area contributed by atoms with Crippen molar-refractivity contribution in [3.05, 3.63) is 22.9 Å². The molecular weight excluding hydrogens is 254 g/mol. The number of anilines is 1. The van der Waals surface area contributed by atoms with Crippen molar-refractivity contribution in [3.8, 4) is 0 Å². The number of hydrazine groups is 1. The number of nitrogen functional groups attached to an aromatic ring is 1. The number of hydrogen-bond acceptors (Lipinski definition) is 7. The van der Waals surface area contributed by atoms with Gasteiger partial charge in [-0.1, -0.05) is 0 Å². The molecule has 0 unspecified atom stereocenters. The summed E-state index contributed by atoms with van der Waals surface area (Å²) in [5, 5.41) is 7.76. The second-order valence-corrected chi connectivity index (χ2v) is 4.89. The Balaban J connectivity index is 1.89. The second kappa shape index (κ2) is 4.42. The van der Waals surface area contributed by atoms with E-state index in [1.165, 1.54) is 18.1 Å². The highest BCUT2D eigenvalue weighted by molar-refractivity contribution is 7.99. The van der Waals surface area contributed by atoms with Crippen LogP contribution in [-0.2, 0) is 0 Å². The number of nitrogens with two attached hydrogens (primary N) is 1. The standard InChI is InChI=1S/C9H11N7OS/c10-13-6-3-7(12-4-11-6)18-9-15-14-8(17)16(9)5-1-2-5/h3-5H,1-2,10H2,(H,14,17)(H,11,12,13). The Morgan fingerprint density at radius 3 is 3.06 bits per heavy atom. The van der Waals surface area contributed by atoms with Gasteiger partial charge in [0.1, 0.15) is 17.2 Å². The van der Waals surface area contributed by atoms with Crippen LogP contribution in [0.3, 0.4) is 0 Å². The van der Waals surface area contributed by atoms with E-state index >= 15 is 0 Å². The lowest BCUT2D eigenvalue weighted by Crippen LogP contribution is -2.16. The maximum atomic E-state index is 11.6. The second-order valence-electron chi connectivity index (χ2n) is 3.90. The molecule has 1 fully saturated rings. The molecular formula is C9H11N7OS. The number of aromatic nitrogens is 5. The molecule has 8 nitrogen and oxygen atoms in total. The third kappa shape index (κ3) is 2.09. The predicted octanol–water partition coefficient (Wildman–Crippen LogP) is 0.133. The Morgan fingerprint density at radius 2 is 2.33 bits per heavy atom. The third-order valence-electron chi connectivity index (χ3n) is 2.57. The molecule has 0 aliphatic heterocycles. The lowest BCUT2D eigenvalue weighted by atomic mass is 10.6. The maximum Gasteiger partial charge on any atom is 0.344 e. The molecule has 9 heteroatoms. The maximum absolute atomic E-state index is 11.6. The van der Waals surface area contributed by atoms with Gasteiger partial charge in [-0.3, -0.25) is 4.57 Å². The van der Waals surface area contributed by atoms with E-state index in [2.05, 4.69) is 25.6 Å². The summed E-state index contributed by atoms with van der Waals surface area (Å²) < 4.78 is 1.67. The van der Waals surface area contributed by atoms with Crippen LogP contribution in [0, 0.1) is 0 Å². The number of H-pyrrole nitrogens is 1. The summed E-state index contributed by atoms with van der Waals surface area (Å²) in [4.78, 5) is 19.6. The highest BCUT2D eigenvalue weighted by Gasteiger charge is 2.28. The normalized spacial score (nSPS) is 14.7. The zero-order valence-electron chi connectivity index (χ0n) is 9.33. The van der Waals surface area contributed by atoms with Crippen LogP contribution < -0.4 is 17.0 Å². The number of rotatable bonds is 4. The fourth-order valence-electron chi connectivity index (χ4n) is 1.58. The fourth-order valence-corrected chi connectivity index (χ4v) is 2.46. The number of nitrogens with zero attached hydrogens (tertiary/aromatic N) is 4. The molecule has 0 saturated heterocycles. The van der Waals surface area contributed by atoms with Crippen LogP contribution in [0.1, 0.15) is 18.9 Å². The first-order valence-corrected chi connectivity index (χ1v) is 6.23. The van der Waals surface area contributed by atoms with Crippen molar-refractivity contribution < 1.29 is 0 Å². The first kappa shape index (κ1) is 11.2. The van der Waals surface area contributed by atoms with E-state index in [-0.39, 0.29) is 11.7 Å². The minimum absolute atomic E-state index is 0.175. The summed E-state index contributed by atoms with van der Waals surface area (Å²) >= 11 is 1.31. The molecule has 4 N–H and O–H groups in total. The average molecular weight is 265 g/mol. The summed E-state index contributed by atoms with van der Waals surface area (Å²) in [6.45, 7) is 0. The molecule has 3 rings (SSSR count). The topological polar surface area (TPSA) is 115 Å². The summed E-state index contributed by atoms with van der Waals surface area (Å²) in [6, 6.07) is 1.97. The third-order valence-corrected chi connectivity index (χ3v) is 3.47. The van der Waals surface area contributed by atoms with Crippen LogP contribution in [0.5, 0.6) is 0 Å². The summed E-state index contributed by atoms with van der Waals surface area (Å²) in [7, 11) is 0. The van der Waals surface area contributed by atoms with Crippen LogP contribution >= 0.6 is 11.8 Å². The van der Waals surface area contributed by atoms with Gasteiger partial charge < -0.3 is 5.43 Å². The van der Waals surface area contributed by atoms with Crippen molar-refractivity contribution >= 4 is 17.6 Å². The smallest absolute Gasteiger partial charge is 0.308 e. The molecule has 0 radical (unpaired) electrons. The Hall–Kier alpha value is -1.87. The van der Waals surface area contributed by atoms with Crippen LogP contribution in [0.4, 0.5) is 5.82 Å². The Labute approximate surface area is 106 Å². The molecule has 0 amide bonds. The monoisotopic (exact) mass is 265 g/mol. The van der Waals surface area contributed by atoms with Gasteiger partial charge in [-0.15, -0.1) is 5.10 Å². The molecule has 2 aromatic heterocycles. The SMILES string of the molecule is NNc1cc(Sc2n[nH]c(=O)n2C2CC2)ncn1. The molecule has 2 aromatic rings. The van der Waals surface area contributed by atoms with Gasteiger partial charge in [0.15, 0.2) is 5.16 Å². The molecule has 94 valence electrons. The minimum atomic E-state index is -0.175. The van der Waals surface area contributed by atoms with Crippen LogP contribution in [0.25, 0.3) is 0 Å². The molecule has 0 aromatic carbocycles. The minimum Gasteiger partial charge on any atom is -0.308 e. The van der Waals surface area contributed by atoms with Crippen molar-refractivity contribution in [2.75, 3.05) is 5.43 Å². The first-order chi connectivity index (χ1) is 8.78. The van der Waals surface area contributed by atoms with Gasteiger partial charge in [0, 0.05) is 12.1 Å². The van der Waals surface area contributed by atoms with Gasteiger partial charge in [0.05, 0.1) is 0 Å². The Morgan fingerprint density at radius 1 is 1.50 bits per heavy atom. The molecule has 0 bridgehead atoms. The van der Waals surface area contributed by atoms with E-state index in [9.17, 15) is 4.79 Å². The zero-order chi connectivity index (χ0) is 12.5. The van der Waals surface area contributed by atoms with Crippen molar-refractivity contribution in [2.24, 2.45) is 5.84 Å². The summed E-state index contributed by atoms with van der Waals surface area (Å²) in [6.07, 6.45) is 3.45. The lowest BCUT2D eigenvalue weighted by Gasteiger charge is -2.03. The van der Waals surface area contributed by atoms with E-state index in [1.807, 2.05) is 0 Å². The molecule has 2 heterocycles.